The van der Waals surface area contributed by atoms with Gasteiger partial charge in [0.1, 0.15) is 11.6 Å². The molecule has 2 aliphatic carbocycles. The maximum absolute atomic E-state index is 12.9. The summed E-state index contributed by atoms with van der Waals surface area (Å²) in [5.41, 5.74) is -0.560. The van der Waals surface area contributed by atoms with Crippen molar-refractivity contribution in [3.8, 4) is 0 Å². The van der Waals surface area contributed by atoms with E-state index in [0.29, 0.717) is 5.92 Å². The molecule has 2 amide bonds. The molecule has 1 aliphatic heterocycles. The number of rotatable bonds is 1. The zero-order valence-electron chi connectivity index (χ0n) is 11.9. The summed E-state index contributed by atoms with van der Waals surface area (Å²) < 4.78 is 0. The van der Waals surface area contributed by atoms with Crippen molar-refractivity contribution >= 4 is 11.8 Å². The molecule has 2 saturated carbocycles. The quantitative estimate of drug-likeness (QED) is 0.785. The first-order valence-electron chi connectivity index (χ1n) is 7.68. The first-order valence-corrected chi connectivity index (χ1v) is 7.68. The molecule has 3 fully saturated rings. The van der Waals surface area contributed by atoms with Gasteiger partial charge in [0.05, 0.1) is 0 Å². The Morgan fingerprint density at radius 1 is 1.16 bits per heavy atom. The molecule has 3 rings (SSSR count). The molecule has 0 bridgehead atoms. The Kier molecular flexibility index (Phi) is 3.06. The molecule has 3 aliphatic rings. The Bertz CT molecular complexity index is 401. The number of carbonyl (C=O) groups is 2. The fourth-order valence-electron chi connectivity index (χ4n) is 4.17. The highest BCUT2D eigenvalue weighted by atomic mass is 16.2. The van der Waals surface area contributed by atoms with E-state index in [1.165, 1.54) is 6.42 Å². The van der Waals surface area contributed by atoms with Crippen LogP contribution in [0.25, 0.3) is 0 Å². The van der Waals surface area contributed by atoms with Crippen LogP contribution in [0.5, 0.6) is 0 Å². The summed E-state index contributed by atoms with van der Waals surface area (Å²) in [5, 5.41) is 3.03. The van der Waals surface area contributed by atoms with Crippen LogP contribution in [-0.4, -0.2) is 34.3 Å². The van der Waals surface area contributed by atoms with Crippen molar-refractivity contribution in [3.63, 3.8) is 0 Å². The van der Waals surface area contributed by atoms with Crippen LogP contribution in [0.3, 0.4) is 0 Å². The van der Waals surface area contributed by atoms with Crippen LogP contribution in [0.15, 0.2) is 0 Å². The molecule has 4 nitrogen and oxygen atoms in total. The highest BCUT2D eigenvalue weighted by Gasteiger charge is 2.52. The van der Waals surface area contributed by atoms with Gasteiger partial charge in [-0.1, -0.05) is 19.8 Å². The van der Waals surface area contributed by atoms with E-state index in [9.17, 15) is 9.59 Å². The van der Waals surface area contributed by atoms with Gasteiger partial charge in [0, 0.05) is 6.04 Å². The lowest BCUT2D eigenvalue weighted by molar-refractivity contribution is -0.157. The minimum absolute atomic E-state index is 0.0426. The molecule has 4 heteroatoms. The van der Waals surface area contributed by atoms with E-state index >= 15 is 0 Å². The third-order valence-corrected chi connectivity index (χ3v) is 5.32. The summed E-state index contributed by atoms with van der Waals surface area (Å²) in [6.07, 6.45) is 7.03. The van der Waals surface area contributed by atoms with E-state index in [-0.39, 0.29) is 23.9 Å². The van der Waals surface area contributed by atoms with Crippen LogP contribution >= 0.6 is 0 Å². The molecular formula is C15H24N2O2. The Hall–Kier alpha value is -1.06. The Morgan fingerprint density at radius 3 is 2.42 bits per heavy atom. The van der Waals surface area contributed by atoms with E-state index in [0.717, 1.165) is 38.5 Å². The van der Waals surface area contributed by atoms with Crippen molar-refractivity contribution in [1.82, 2.24) is 10.2 Å². The second-order valence-electron chi connectivity index (χ2n) is 6.74. The summed E-state index contributed by atoms with van der Waals surface area (Å²) in [4.78, 5) is 27.1. The van der Waals surface area contributed by atoms with Gasteiger partial charge >= 0.3 is 0 Å². The molecule has 0 aromatic rings. The third kappa shape index (κ3) is 1.96. The summed E-state index contributed by atoms with van der Waals surface area (Å²) in [6.45, 7) is 4.11. The molecule has 3 atom stereocenters. The predicted octanol–water partition coefficient (Wildman–Crippen LogP) is 1.83. The van der Waals surface area contributed by atoms with Crippen molar-refractivity contribution in [2.45, 2.75) is 76.4 Å². The first-order chi connectivity index (χ1) is 9.03. The number of hydrogen-bond donors (Lipinski definition) is 1. The van der Waals surface area contributed by atoms with Crippen LogP contribution in [-0.2, 0) is 9.59 Å². The van der Waals surface area contributed by atoms with Crippen molar-refractivity contribution in [1.29, 1.82) is 0 Å². The first kappa shape index (κ1) is 12.9. The van der Waals surface area contributed by atoms with Crippen LogP contribution in [0.2, 0.25) is 0 Å². The van der Waals surface area contributed by atoms with E-state index in [4.69, 9.17) is 0 Å². The molecule has 3 unspecified atom stereocenters. The number of carbonyl (C=O) groups excluding carboxylic acids is 2. The van der Waals surface area contributed by atoms with Gasteiger partial charge in [0.15, 0.2) is 0 Å². The molecule has 0 radical (unpaired) electrons. The molecule has 1 N–H and O–H groups in total. The van der Waals surface area contributed by atoms with Crippen LogP contribution in [0.1, 0.15) is 58.8 Å². The standard InChI is InChI=1S/C15H24N2O2/c1-10-5-6-12(9-10)17-11(2)13(18)16-15(14(17)19)7-3-4-8-15/h10-12H,3-9H2,1-2H3,(H,16,18). The molecule has 0 aromatic carbocycles. The highest BCUT2D eigenvalue weighted by Crippen LogP contribution is 2.38. The van der Waals surface area contributed by atoms with Gasteiger partial charge in [0.2, 0.25) is 11.8 Å². The fraction of sp³-hybridized carbons (Fsp3) is 0.867. The van der Waals surface area contributed by atoms with Crippen molar-refractivity contribution < 1.29 is 9.59 Å². The average Bonchev–Trinajstić information content (AvgIpc) is 2.98. The van der Waals surface area contributed by atoms with Gasteiger partial charge in [-0.2, -0.15) is 0 Å². The van der Waals surface area contributed by atoms with Gasteiger partial charge < -0.3 is 10.2 Å². The topological polar surface area (TPSA) is 49.4 Å². The Labute approximate surface area is 114 Å². The lowest BCUT2D eigenvalue weighted by Gasteiger charge is -2.46. The van der Waals surface area contributed by atoms with E-state index in [1.807, 2.05) is 11.8 Å². The van der Waals surface area contributed by atoms with Gasteiger partial charge in [-0.25, -0.2) is 0 Å². The van der Waals surface area contributed by atoms with Crippen LogP contribution in [0, 0.1) is 5.92 Å². The van der Waals surface area contributed by atoms with Gasteiger partial charge in [-0.3, -0.25) is 9.59 Å². The molecule has 19 heavy (non-hydrogen) atoms. The number of hydrogen-bond acceptors (Lipinski definition) is 2. The van der Waals surface area contributed by atoms with Gasteiger partial charge in [-0.05, 0) is 44.9 Å². The van der Waals surface area contributed by atoms with Crippen LogP contribution in [0.4, 0.5) is 0 Å². The number of nitrogens with one attached hydrogen (secondary N) is 1. The maximum Gasteiger partial charge on any atom is 0.249 e. The van der Waals surface area contributed by atoms with E-state index < -0.39 is 5.54 Å². The highest BCUT2D eigenvalue weighted by molar-refractivity contribution is 6.00. The SMILES string of the molecule is CC1CCC(N2C(=O)C3(CCCC3)NC(=O)C2C)C1. The Morgan fingerprint density at radius 2 is 1.84 bits per heavy atom. The smallest absolute Gasteiger partial charge is 0.249 e. The van der Waals surface area contributed by atoms with Gasteiger partial charge in [-0.15, -0.1) is 0 Å². The van der Waals surface area contributed by atoms with Crippen molar-refractivity contribution in [3.05, 3.63) is 0 Å². The summed E-state index contributed by atoms with van der Waals surface area (Å²) in [7, 11) is 0. The number of piperazine rings is 1. The summed E-state index contributed by atoms with van der Waals surface area (Å²) >= 11 is 0. The second kappa shape index (κ2) is 4.50. The van der Waals surface area contributed by atoms with Gasteiger partial charge in [0.25, 0.3) is 0 Å². The molecule has 1 spiro atoms. The fourth-order valence-corrected chi connectivity index (χ4v) is 4.17. The zero-order valence-corrected chi connectivity index (χ0v) is 11.9. The predicted molar refractivity (Wildman–Crippen MR) is 72.5 cm³/mol. The number of amides is 2. The van der Waals surface area contributed by atoms with Crippen LogP contribution < -0.4 is 5.32 Å². The molecular weight excluding hydrogens is 240 g/mol. The summed E-state index contributed by atoms with van der Waals surface area (Å²) in [6, 6.07) is -0.0185. The van der Waals surface area contributed by atoms with Crippen molar-refractivity contribution in [2.24, 2.45) is 5.92 Å². The second-order valence-corrected chi connectivity index (χ2v) is 6.74. The molecule has 106 valence electrons. The minimum atomic E-state index is -0.560. The molecule has 0 aromatic heterocycles. The summed E-state index contributed by atoms with van der Waals surface area (Å²) in [5.74, 6) is 0.909. The van der Waals surface area contributed by atoms with E-state index in [1.54, 1.807) is 0 Å². The minimum Gasteiger partial charge on any atom is -0.340 e. The monoisotopic (exact) mass is 264 g/mol. The maximum atomic E-state index is 12.9. The Balaban J connectivity index is 1.87. The largest absolute Gasteiger partial charge is 0.340 e. The lowest BCUT2D eigenvalue weighted by atomic mass is 9.89. The zero-order chi connectivity index (χ0) is 13.6. The number of nitrogens with zero attached hydrogens (tertiary/aromatic N) is 1. The van der Waals surface area contributed by atoms with Crippen molar-refractivity contribution in [2.75, 3.05) is 0 Å². The third-order valence-electron chi connectivity index (χ3n) is 5.32. The molecule has 1 saturated heterocycles. The molecule has 1 heterocycles. The lowest BCUT2D eigenvalue weighted by Crippen LogP contribution is -2.70. The average molecular weight is 264 g/mol. The normalized spacial score (nSPS) is 38.0. The van der Waals surface area contributed by atoms with E-state index in [2.05, 4.69) is 12.2 Å².